The summed E-state index contributed by atoms with van der Waals surface area (Å²) >= 11 is 0. The van der Waals surface area contributed by atoms with Crippen molar-refractivity contribution < 1.29 is 14.2 Å². The molecule has 0 N–H and O–H groups in total. The Labute approximate surface area is 168 Å². The van der Waals surface area contributed by atoms with Crippen LogP contribution in [0, 0.1) is 0 Å². The molecule has 0 bridgehead atoms. The monoisotopic (exact) mass is 385 g/mol. The van der Waals surface area contributed by atoms with Crippen LogP contribution < -0.4 is 14.2 Å². The van der Waals surface area contributed by atoms with Crippen molar-refractivity contribution in [1.29, 1.82) is 0 Å². The fourth-order valence-corrected chi connectivity index (χ4v) is 2.81. The van der Waals surface area contributed by atoms with Crippen molar-refractivity contribution in [2.24, 2.45) is 0 Å². The summed E-state index contributed by atoms with van der Waals surface area (Å²) in [5, 5.41) is 0. The van der Waals surface area contributed by atoms with Gasteiger partial charge in [0.05, 0.1) is 19.5 Å². The van der Waals surface area contributed by atoms with Crippen LogP contribution >= 0.6 is 0 Å². The fraction of sp³-hybridized carbons (Fsp3) is 0.0870. The van der Waals surface area contributed by atoms with E-state index in [2.05, 4.69) is 15.0 Å². The molecule has 0 aliphatic rings. The van der Waals surface area contributed by atoms with Crippen molar-refractivity contribution in [2.75, 3.05) is 7.11 Å². The van der Waals surface area contributed by atoms with Crippen LogP contribution in [0.4, 0.5) is 0 Å². The molecule has 2 aromatic carbocycles. The molecule has 0 aliphatic heterocycles. The van der Waals surface area contributed by atoms with Gasteiger partial charge in [0.15, 0.2) is 5.75 Å². The molecule has 0 saturated carbocycles. The number of methoxy groups -OCH3 is 1. The Morgan fingerprint density at radius 2 is 1.48 bits per heavy atom. The Balaban J connectivity index is 1.50. The predicted molar refractivity (Wildman–Crippen MR) is 109 cm³/mol. The molecule has 0 radical (unpaired) electrons. The van der Waals surface area contributed by atoms with Gasteiger partial charge in [0, 0.05) is 17.3 Å². The zero-order valence-electron chi connectivity index (χ0n) is 15.9. The average molecular weight is 385 g/mol. The Hall–Kier alpha value is -3.93. The number of hydrogen-bond donors (Lipinski definition) is 0. The van der Waals surface area contributed by atoms with E-state index in [9.17, 15) is 0 Å². The number of aromatic nitrogens is 3. The van der Waals surface area contributed by atoms with Gasteiger partial charge in [-0.15, -0.1) is 0 Å². The zero-order chi connectivity index (χ0) is 19.9. The highest BCUT2D eigenvalue weighted by Crippen LogP contribution is 2.36. The third kappa shape index (κ3) is 4.50. The van der Waals surface area contributed by atoms with E-state index in [1.807, 2.05) is 66.7 Å². The van der Waals surface area contributed by atoms with Crippen LogP contribution in [0.15, 0.2) is 85.3 Å². The second-order valence-corrected chi connectivity index (χ2v) is 6.13. The minimum atomic E-state index is 0.284. The minimum absolute atomic E-state index is 0.284. The summed E-state index contributed by atoms with van der Waals surface area (Å²) in [7, 11) is 1.64. The molecule has 6 nitrogen and oxygen atoms in total. The Kier molecular flexibility index (Phi) is 5.62. The number of pyridine rings is 1. The van der Waals surface area contributed by atoms with Crippen molar-refractivity contribution in [3.63, 3.8) is 0 Å². The van der Waals surface area contributed by atoms with Gasteiger partial charge in [0.25, 0.3) is 0 Å². The first-order valence-corrected chi connectivity index (χ1v) is 9.08. The lowest BCUT2D eigenvalue weighted by atomic mass is 10.1. The second-order valence-electron chi connectivity index (χ2n) is 6.13. The van der Waals surface area contributed by atoms with Gasteiger partial charge >= 0.3 is 6.01 Å². The van der Waals surface area contributed by atoms with Crippen molar-refractivity contribution >= 4 is 0 Å². The molecule has 0 aliphatic carbocycles. The lowest BCUT2D eigenvalue weighted by Gasteiger charge is -2.12. The average Bonchev–Trinajstić information content (AvgIpc) is 2.80. The van der Waals surface area contributed by atoms with E-state index in [0.29, 0.717) is 18.2 Å². The maximum absolute atomic E-state index is 5.93. The molecule has 0 unspecified atom stereocenters. The first kappa shape index (κ1) is 18.4. The Morgan fingerprint density at radius 1 is 0.759 bits per heavy atom. The number of nitrogens with zero attached hydrogens (tertiary/aromatic N) is 3. The molecule has 0 saturated heterocycles. The van der Waals surface area contributed by atoms with Gasteiger partial charge in [-0.1, -0.05) is 48.5 Å². The number of hydrogen-bond acceptors (Lipinski definition) is 6. The van der Waals surface area contributed by atoms with Gasteiger partial charge in [-0.3, -0.25) is 0 Å². The lowest BCUT2D eigenvalue weighted by Crippen LogP contribution is -2.00. The van der Waals surface area contributed by atoms with E-state index in [-0.39, 0.29) is 6.01 Å². The molecule has 4 aromatic rings. The maximum atomic E-state index is 5.93. The van der Waals surface area contributed by atoms with Gasteiger partial charge in [0.2, 0.25) is 5.88 Å². The molecule has 0 amide bonds. The summed E-state index contributed by atoms with van der Waals surface area (Å²) in [6.07, 6.45) is 4.80. The van der Waals surface area contributed by atoms with E-state index in [1.54, 1.807) is 25.7 Å². The standard InChI is InChI=1S/C23H19N3O3/c1-27-21-12-6-5-10-19(21)20-11-7-13-24-22(20)29-18-14-25-23(26-15-18)28-16-17-8-3-2-4-9-17/h2-15H,16H2,1H3. The first-order valence-electron chi connectivity index (χ1n) is 9.08. The Morgan fingerprint density at radius 3 is 2.28 bits per heavy atom. The molecule has 4 rings (SSSR count). The van der Waals surface area contributed by atoms with Crippen LogP contribution in [0.1, 0.15) is 5.56 Å². The number of ether oxygens (including phenoxy) is 3. The Bertz CT molecular complexity index is 1070. The first-order chi connectivity index (χ1) is 14.3. The van der Waals surface area contributed by atoms with Gasteiger partial charge in [-0.25, -0.2) is 4.98 Å². The van der Waals surface area contributed by atoms with Crippen molar-refractivity contribution in [3.8, 4) is 34.5 Å². The number of rotatable bonds is 7. The highest BCUT2D eigenvalue weighted by molar-refractivity contribution is 5.74. The van der Waals surface area contributed by atoms with Crippen LogP contribution in [0.5, 0.6) is 23.4 Å². The molecule has 0 spiro atoms. The van der Waals surface area contributed by atoms with E-state index < -0.39 is 0 Å². The summed E-state index contributed by atoms with van der Waals surface area (Å²) in [6, 6.07) is 21.6. The third-order valence-corrected chi connectivity index (χ3v) is 4.20. The van der Waals surface area contributed by atoms with Gasteiger partial charge in [-0.2, -0.15) is 9.97 Å². The fourth-order valence-electron chi connectivity index (χ4n) is 2.81. The molecule has 2 heterocycles. The SMILES string of the molecule is COc1ccccc1-c1cccnc1Oc1cnc(OCc2ccccc2)nc1. The molecule has 0 fully saturated rings. The van der Waals surface area contributed by atoms with E-state index in [4.69, 9.17) is 14.2 Å². The highest BCUT2D eigenvalue weighted by atomic mass is 16.5. The highest BCUT2D eigenvalue weighted by Gasteiger charge is 2.13. The summed E-state index contributed by atoms with van der Waals surface area (Å²) < 4.78 is 17.0. The summed E-state index contributed by atoms with van der Waals surface area (Å²) in [5.74, 6) is 1.65. The molecule has 0 atom stereocenters. The van der Waals surface area contributed by atoms with Crippen molar-refractivity contribution in [1.82, 2.24) is 15.0 Å². The maximum Gasteiger partial charge on any atom is 0.316 e. The van der Waals surface area contributed by atoms with Crippen LogP contribution in [-0.2, 0) is 6.61 Å². The number of para-hydroxylation sites is 1. The molecular weight excluding hydrogens is 366 g/mol. The zero-order valence-corrected chi connectivity index (χ0v) is 15.9. The molecule has 29 heavy (non-hydrogen) atoms. The third-order valence-electron chi connectivity index (χ3n) is 4.20. The number of benzene rings is 2. The molecule has 6 heteroatoms. The normalized spacial score (nSPS) is 10.4. The smallest absolute Gasteiger partial charge is 0.316 e. The van der Waals surface area contributed by atoms with Crippen LogP contribution in [0.25, 0.3) is 11.1 Å². The summed E-state index contributed by atoms with van der Waals surface area (Å²) in [4.78, 5) is 12.8. The van der Waals surface area contributed by atoms with Gasteiger partial charge in [0.1, 0.15) is 12.4 Å². The van der Waals surface area contributed by atoms with Gasteiger partial charge in [-0.05, 0) is 23.8 Å². The summed E-state index contributed by atoms with van der Waals surface area (Å²) in [5.41, 5.74) is 2.75. The topological polar surface area (TPSA) is 66.4 Å². The van der Waals surface area contributed by atoms with Crippen LogP contribution in [0.3, 0.4) is 0 Å². The summed E-state index contributed by atoms with van der Waals surface area (Å²) in [6.45, 7) is 0.402. The van der Waals surface area contributed by atoms with Crippen LogP contribution in [0.2, 0.25) is 0 Å². The largest absolute Gasteiger partial charge is 0.496 e. The second kappa shape index (κ2) is 8.84. The minimum Gasteiger partial charge on any atom is -0.496 e. The van der Waals surface area contributed by atoms with Gasteiger partial charge < -0.3 is 14.2 Å². The predicted octanol–water partition coefficient (Wildman–Crippen LogP) is 4.92. The molecular formula is C23H19N3O3. The van der Waals surface area contributed by atoms with Crippen molar-refractivity contribution in [3.05, 3.63) is 90.9 Å². The van der Waals surface area contributed by atoms with E-state index in [1.165, 1.54) is 0 Å². The quantitative estimate of drug-likeness (QED) is 0.450. The van der Waals surface area contributed by atoms with E-state index >= 15 is 0 Å². The van der Waals surface area contributed by atoms with Crippen molar-refractivity contribution in [2.45, 2.75) is 6.61 Å². The molecule has 2 aromatic heterocycles. The van der Waals surface area contributed by atoms with Crippen LogP contribution in [-0.4, -0.2) is 22.1 Å². The van der Waals surface area contributed by atoms with E-state index in [0.717, 1.165) is 22.4 Å². The molecule has 144 valence electrons. The lowest BCUT2D eigenvalue weighted by molar-refractivity contribution is 0.279.